The van der Waals surface area contributed by atoms with Crippen LogP contribution in [0.2, 0.25) is 0 Å². The molecule has 0 bridgehead atoms. The first-order valence-electron chi connectivity index (χ1n) is 9.54. The van der Waals surface area contributed by atoms with Crippen molar-refractivity contribution in [3.63, 3.8) is 0 Å². The van der Waals surface area contributed by atoms with E-state index in [1.54, 1.807) is 24.3 Å². The molecule has 0 aliphatic heterocycles. The maximum absolute atomic E-state index is 13.0. The molecule has 0 atom stereocenters. The zero-order valence-electron chi connectivity index (χ0n) is 17.8. The number of aromatic nitrogens is 1. The predicted molar refractivity (Wildman–Crippen MR) is 126 cm³/mol. The van der Waals surface area contributed by atoms with E-state index in [1.165, 1.54) is 46.6 Å². The van der Waals surface area contributed by atoms with Crippen LogP contribution in [0.15, 0.2) is 53.4 Å². The van der Waals surface area contributed by atoms with Gasteiger partial charge in [-0.2, -0.15) is 0 Å². The average Bonchev–Trinajstić information content (AvgIpc) is 3.14. The van der Waals surface area contributed by atoms with Crippen LogP contribution in [-0.4, -0.2) is 62.6 Å². The number of carbonyl (C=O) groups excluding carboxylic acids is 1. The van der Waals surface area contributed by atoms with Crippen molar-refractivity contribution in [1.29, 1.82) is 0 Å². The van der Waals surface area contributed by atoms with Gasteiger partial charge in [0.15, 0.2) is 15.0 Å². The van der Waals surface area contributed by atoms with Crippen LogP contribution >= 0.6 is 11.3 Å². The lowest BCUT2D eigenvalue weighted by molar-refractivity contribution is -0.384. The van der Waals surface area contributed by atoms with Crippen LogP contribution in [0.1, 0.15) is 5.56 Å². The molecule has 0 saturated carbocycles. The lowest BCUT2D eigenvalue weighted by Crippen LogP contribution is -2.35. The maximum Gasteiger partial charge on any atom is 0.270 e. The molecule has 0 spiro atoms. The van der Waals surface area contributed by atoms with Crippen LogP contribution in [0.5, 0.6) is 0 Å². The number of anilines is 1. The van der Waals surface area contributed by atoms with Gasteiger partial charge in [-0.3, -0.25) is 19.8 Å². The number of non-ortho nitro benzene ring substituents is 1. The Balaban J connectivity index is 1.93. The van der Waals surface area contributed by atoms with Crippen molar-refractivity contribution in [2.45, 2.75) is 4.90 Å². The predicted octanol–water partition coefficient (Wildman–Crippen LogP) is 3.22. The Labute approximate surface area is 189 Å². The average molecular weight is 475 g/mol. The second kappa shape index (κ2) is 9.55. The van der Waals surface area contributed by atoms with Gasteiger partial charge in [0.05, 0.1) is 20.0 Å². The molecule has 1 heterocycles. The number of hydrogen-bond donors (Lipinski definition) is 0. The molecule has 1 amide bonds. The Hall–Kier alpha value is -3.15. The molecule has 3 rings (SSSR count). The number of sulfone groups is 1. The normalized spacial score (nSPS) is 12.0. The summed E-state index contributed by atoms with van der Waals surface area (Å²) in [6, 6.07) is 10.7. The van der Waals surface area contributed by atoms with Crippen molar-refractivity contribution in [2.75, 3.05) is 38.3 Å². The highest BCUT2D eigenvalue weighted by atomic mass is 32.2. The Morgan fingerprint density at radius 1 is 1.19 bits per heavy atom. The molecule has 0 radical (unpaired) electrons. The zero-order chi connectivity index (χ0) is 23.5. The number of amides is 1. The lowest BCUT2D eigenvalue weighted by Gasteiger charge is -2.20. The largest absolute Gasteiger partial charge is 0.308 e. The van der Waals surface area contributed by atoms with Crippen LogP contribution in [0.3, 0.4) is 0 Å². The van der Waals surface area contributed by atoms with E-state index in [9.17, 15) is 23.3 Å². The van der Waals surface area contributed by atoms with Gasteiger partial charge in [-0.25, -0.2) is 13.4 Å². The molecule has 9 nitrogen and oxygen atoms in total. The van der Waals surface area contributed by atoms with Crippen LogP contribution in [0, 0.1) is 10.1 Å². The Morgan fingerprint density at radius 3 is 2.59 bits per heavy atom. The number of carbonyl (C=O) groups is 1. The molecule has 0 aliphatic rings. The number of likely N-dealkylation sites (N-methyl/N-ethyl adjacent to an activating group) is 1. The molecule has 32 heavy (non-hydrogen) atoms. The highest BCUT2D eigenvalue weighted by Crippen LogP contribution is 2.31. The first kappa shape index (κ1) is 23.5. The van der Waals surface area contributed by atoms with Crippen molar-refractivity contribution >= 4 is 54.2 Å². The first-order valence-corrected chi connectivity index (χ1v) is 12.2. The fourth-order valence-electron chi connectivity index (χ4n) is 2.84. The maximum atomic E-state index is 13.0. The van der Waals surface area contributed by atoms with Gasteiger partial charge in [-0.15, -0.1) is 0 Å². The third-order valence-electron chi connectivity index (χ3n) is 4.54. The minimum Gasteiger partial charge on any atom is -0.308 e. The monoisotopic (exact) mass is 474 g/mol. The molecule has 0 unspecified atom stereocenters. The molecule has 0 saturated heterocycles. The standard InChI is InChI=1S/C21H22N4O5S2/c1-23(2)11-12-24(20(26)10-7-15-5-4-6-16(13-15)25(27)28)21-22-18-9-8-17(32(3,29)30)14-19(18)31-21/h4-10,13-14H,11-12H2,1-3H3. The molecule has 11 heteroatoms. The van der Waals surface area contributed by atoms with E-state index in [-0.39, 0.29) is 16.5 Å². The molecule has 2 aromatic carbocycles. The summed E-state index contributed by atoms with van der Waals surface area (Å²) in [4.78, 5) is 31.6. The van der Waals surface area contributed by atoms with E-state index in [1.807, 2.05) is 19.0 Å². The van der Waals surface area contributed by atoms with E-state index >= 15 is 0 Å². The second-order valence-corrected chi connectivity index (χ2v) is 10.4. The Kier molecular flexibility index (Phi) is 7.02. The molecular weight excluding hydrogens is 452 g/mol. The third kappa shape index (κ3) is 5.75. The summed E-state index contributed by atoms with van der Waals surface area (Å²) in [7, 11) is 0.415. The summed E-state index contributed by atoms with van der Waals surface area (Å²) < 4.78 is 24.4. The summed E-state index contributed by atoms with van der Waals surface area (Å²) in [5, 5.41) is 11.4. The number of nitro benzene ring substituents is 1. The van der Waals surface area contributed by atoms with Crippen LogP contribution < -0.4 is 4.90 Å². The van der Waals surface area contributed by atoms with Crippen LogP contribution in [-0.2, 0) is 14.6 Å². The van der Waals surface area contributed by atoms with Crippen molar-refractivity contribution in [2.24, 2.45) is 0 Å². The minimum atomic E-state index is -3.36. The Morgan fingerprint density at radius 2 is 1.94 bits per heavy atom. The van der Waals surface area contributed by atoms with Gasteiger partial charge in [0.1, 0.15) is 0 Å². The first-order chi connectivity index (χ1) is 15.0. The van der Waals surface area contributed by atoms with Crippen molar-refractivity contribution in [3.8, 4) is 0 Å². The van der Waals surface area contributed by atoms with Crippen LogP contribution in [0.25, 0.3) is 16.3 Å². The molecule has 0 N–H and O–H groups in total. The molecule has 1 aromatic heterocycles. The number of thiazole rings is 1. The van der Waals surface area contributed by atoms with E-state index in [0.29, 0.717) is 34.0 Å². The van der Waals surface area contributed by atoms with Crippen LogP contribution in [0.4, 0.5) is 10.8 Å². The number of hydrogen-bond acceptors (Lipinski definition) is 8. The third-order valence-corrected chi connectivity index (χ3v) is 6.70. The lowest BCUT2D eigenvalue weighted by atomic mass is 10.2. The summed E-state index contributed by atoms with van der Waals surface area (Å²) in [6.07, 6.45) is 4.01. The fraction of sp³-hybridized carbons (Fsp3) is 0.238. The van der Waals surface area contributed by atoms with Gasteiger partial charge < -0.3 is 4.90 Å². The number of nitro groups is 1. The van der Waals surface area contributed by atoms with E-state index in [0.717, 1.165) is 6.26 Å². The number of rotatable bonds is 8. The number of nitrogens with zero attached hydrogens (tertiary/aromatic N) is 4. The van der Waals surface area contributed by atoms with E-state index < -0.39 is 14.8 Å². The molecular formula is C21H22N4O5S2. The van der Waals surface area contributed by atoms with Crippen molar-refractivity contribution < 1.29 is 18.1 Å². The molecule has 3 aromatic rings. The molecule has 168 valence electrons. The fourth-order valence-corrected chi connectivity index (χ4v) is 4.60. The van der Waals surface area contributed by atoms with Gasteiger partial charge in [0.25, 0.3) is 11.6 Å². The van der Waals surface area contributed by atoms with Crippen molar-refractivity contribution in [3.05, 3.63) is 64.2 Å². The number of benzene rings is 2. The summed E-state index contributed by atoms with van der Waals surface area (Å²) in [5.74, 6) is -0.333. The molecule has 0 aliphatic carbocycles. The topological polar surface area (TPSA) is 114 Å². The van der Waals surface area contributed by atoms with Gasteiger partial charge in [-0.1, -0.05) is 23.5 Å². The van der Waals surface area contributed by atoms with E-state index in [2.05, 4.69) is 4.98 Å². The van der Waals surface area contributed by atoms with Crippen molar-refractivity contribution in [1.82, 2.24) is 9.88 Å². The SMILES string of the molecule is CN(C)CCN(C(=O)C=Cc1cccc([N+](=O)[O-])c1)c1nc2ccc(S(C)(=O)=O)cc2s1. The highest BCUT2D eigenvalue weighted by molar-refractivity contribution is 7.90. The number of fused-ring (bicyclic) bond motifs is 1. The Bertz CT molecular complexity index is 1300. The minimum absolute atomic E-state index is 0.0584. The molecule has 0 fully saturated rings. The van der Waals surface area contributed by atoms with Gasteiger partial charge >= 0.3 is 0 Å². The summed E-state index contributed by atoms with van der Waals surface area (Å²) >= 11 is 1.23. The van der Waals surface area contributed by atoms with Gasteiger partial charge in [0.2, 0.25) is 0 Å². The zero-order valence-corrected chi connectivity index (χ0v) is 19.4. The smallest absolute Gasteiger partial charge is 0.270 e. The second-order valence-electron chi connectivity index (χ2n) is 7.38. The quantitative estimate of drug-likeness (QED) is 0.280. The van der Waals surface area contributed by atoms with E-state index in [4.69, 9.17) is 0 Å². The summed E-state index contributed by atoms with van der Waals surface area (Å²) in [6.45, 7) is 0.949. The van der Waals surface area contributed by atoms with Gasteiger partial charge in [-0.05, 0) is 43.9 Å². The summed E-state index contributed by atoms with van der Waals surface area (Å²) in [5.41, 5.74) is 1.07. The van der Waals surface area contributed by atoms with Gasteiger partial charge in [0, 0.05) is 37.6 Å². The highest BCUT2D eigenvalue weighted by Gasteiger charge is 2.19.